The minimum atomic E-state index is 0.451. The first-order valence-corrected chi connectivity index (χ1v) is 8.11. The van der Waals surface area contributed by atoms with Gasteiger partial charge in [0.2, 0.25) is 0 Å². The van der Waals surface area contributed by atoms with E-state index in [1.807, 2.05) is 0 Å². The Balaban J connectivity index is 1.75. The van der Waals surface area contributed by atoms with Crippen LogP contribution in [0.4, 0.5) is 0 Å². The summed E-state index contributed by atoms with van der Waals surface area (Å²) < 4.78 is 0. The molecule has 0 unspecified atom stereocenters. The third-order valence-corrected chi connectivity index (χ3v) is 5.34. The molecule has 2 aliphatic rings. The molecule has 0 bridgehead atoms. The summed E-state index contributed by atoms with van der Waals surface area (Å²) in [6.07, 6.45) is 14.4. The molecule has 0 aromatic carbocycles. The lowest BCUT2D eigenvalue weighted by atomic mass is 9.80. The highest BCUT2D eigenvalue weighted by Gasteiger charge is 2.33. The second-order valence-corrected chi connectivity index (χ2v) is 6.81. The second kappa shape index (κ2) is 6.91. The van der Waals surface area contributed by atoms with E-state index in [-0.39, 0.29) is 0 Å². The van der Waals surface area contributed by atoms with E-state index in [0.717, 1.165) is 5.92 Å². The minimum Gasteiger partial charge on any atom is -0.315 e. The summed E-state index contributed by atoms with van der Waals surface area (Å²) in [4.78, 5) is 2.49. The summed E-state index contributed by atoms with van der Waals surface area (Å²) in [5.41, 5.74) is 0.451. The third kappa shape index (κ3) is 3.71. The molecule has 2 rings (SSSR count). The van der Waals surface area contributed by atoms with Crippen molar-refractivity contribution in [1.29, 1.82) is 0 Å². The molecule has 0 radical (unpaired) electrons. The first-order chi connectivity index (χ1) is 8.73. The first kappa shape index (κ1) is 14.3. The van der Waals surface area contributed by atoms with Crippen LogP contribution in [-0.4, -0.2) is 37.6 Å². The number of likely N-dealkylation sites (N-methyl/N-ethyl adjacent to an activating group) is 1. The molecule has 0 heterocycles. The first-order valence-electron chi connectivity index (χ1n) is 8.11. The van der Waals surface area contributed by atoms with Crippen molar-refractivity contribution in [2.24, 2.45) is 5.92 Å². The molecule has 0 atom stereocenters. The Morgan fingerprint density at radius 3 is 2.17 bits per heavy atom. The van der Waals surface area contributed by atoms with Crippen molar-refractivity contribution >= 4 is 0 Å². The van der Waals surface area contributed by atoms with Crippen LogP contribution in [0.3, 0.4) is 0 Å². The summed E-state index contributed by atoms with van der Waals surface area (Å²) in [6.45, 7) is 2.46. The average molecular weight is 252 g/mol. The van der Waals surface area contributed by atoms with E-state index in [4.69, 9.17) is 0 Å². The molecule has 106 valence electrons. The van der Waals surface area contributed by atoms with Crippen molar-refractivity contribution in [3.05, 3.63) is 0 Å². The van der Waals surface area contributed by atoms with Gasteiger partial charge < -0.3 is 10.2 Å². The molecule has 0 aromatic rings. The molecule has 0 amide bonds. The minimum absolute atomic E-state index is 0.451. The molecule has 2 heteroatoms. The molecule has 0 saturated heterocycles. The fourth-order valence-electron chi connectivity index (χ4n) is 3.89. The lowest BCUT2D eigenvalue weighted by molar-refractivity contribution is 0.0967. The van der Waals surface area contributed by atoms with Gasteiger partial charge in [0.1, 0.15) is 0 Å². The van der Waals surface area contributed by atoms with Crippen LogP contribution < -0.4 is 5.32 Å². The van der Waals surface area contributed by atoms with Gasteiger partial charge in [0.25, 0.3) is 0 Å². The fraction of sp³-hybridized carbons (Fsp3) is 1.00. The number of hydrogen-bond acceptors (Lipinski definition) is 2. The van der Waals surface area contributed by atoms with E-state index in [2.05, 4.69) is 24.3 Å². The van der Waals surface area contributed by atoms with Crippen LogP contribution in [0.1, 0.15) is 64.2 Å². The largest absolute Gasteiger partial charge is 0.315 e. The highest BCUT2D eigenvalue weighted by molar-refractivity contribution is 4.92. The van der Waals surface area contributed by atoms with Gasteiger partial charge in [-0.25, -0.2) is 0 Å². The normalized spacial score (nSPS) is 25.5. The Hall–Kier alpha value is -0.0800. The van der Waals surface area contributed by atoms with Crippen LogP contribution in [0.15, 0.2) is 0 Å². The van der Waals surface area contributed by atoms with Crippen LogP contribution >= 0.6 is 0 Å². The van der Waals surface area contributed by atoms with Gasteiger partial charge >= 0.3 is 0 Å². The van der Waals surface area contributed by atoms with Gasteiger partial charge in [-0.05, 0) is 52.2 Å². The van der Waals surface area contributed by atoms with Crippen molar-refractivity contribution < 1.29 is 0 Å². The molecule has 2 aliphatic carbocycles. The Bertz CT molecular complexity index is 225. The van der Waals surface area contributed by atoms with Gasteiger partial charge in [-0.3, -0.25) is 0 Å². The summed E-state index contributed by atoms with van der Waals surface area (Å²) in [5.74, 6) is 0.960. The van der Waals surface area contributed by atoms with E-state index in [1.54, 1.807) is 0 Å². The summed E-state index contributed by atoms with van der Waals surface area (Å²) in [7, 11) is 4.54. The van der Waals surface area contributed by atoms with Crippen molar-refractivity contribution in [2.75, 3.05) is 27.2 Å². The van der Waals surface area contributed by atoms with Crippen molar-refractivity contribution in [2.45, 2.75) is 69.7 Å². The number of hydrogen-bond donors (Lipinski definition) is 1. The predicted octanol–water partition coefficient (Wildman–Crippen LogP) is 3.42. The zero-order chi connectivity index (χ0) is 12.8. The molecule has 0 aromatic heterocycles. The monoisotopic (exact) mass is 252 g/mol. The Morgan fingerprint density at radius 1 is 0.944 bits per heavy atom. The van der Waals surface area contributed by atoms with Crippen molar-refractivity contribution in [1.82, 2.24) is 10.2 Å². The third-order valence-electron chi connectivity index (χ3n) is 5.34. The Labute approximate surface area is 114 Å². The lowest BCUT2D eigenvalue weighted by Gasteiger charge is -2.43. The maximum atomic E-state index is 3.81. The zero-order valence-corrected chi connectivity index (χ0v) is 12.5. The molecule has 18 heavy (non-hydrogen) atoms. The van der Waals surface area contributed by atoms with Gasteiger partial charge in [-0.1, -0.05) is 38.5 Å². The van der Waals surface area contributed by atoms with E-state index in [0.29, 0.717) is 5.54 Å². The highest BCUT2D eigenvalue weighted by atomic mass is 15.2. The average Bonchev–Trinajstić information content (AvgIpc) is 2.41. The van der Waals surface area contributed by atoms with Crippen LogP contribution in [0.2, 0.25) is 0 Å². The standard InChI is InChI=1S/C16H32N2/c1-18(2)16(11-7-4-8-12-16)14-17-13-15-9-5-3-6-10-15/h15,17H,3-14H2,1-2H3. The molecular formula is C16H32N2. The van der Waals surface area contributed by atoms with Crippen molar-refractivity contribution in [3.63, 3.8) is 0 Å². The van der Waals surface area contributed by atoms with Crippen LogP contribution in [0.25, 0.3) is 0 Å². The number of nitrogens with zero attached hydrogens (tertiary/aromatic N) is 1. The molecular weight excluding hydrogens is 220 g/mol. The topological polar surface area (TPSA) is 15.3 Å². The van der Waals surface area contributed by atoms with E-state index >= 15 is 0 Å². The zero-order valence-electron chi connectivity index (χ0n) is 12.5. The summed E-state index contributed by atoms with van der Waals surface area (Å²) >= 11 is 0. The van der Waals surface area contributed by atoms with E-state index in [1.165, 1.54) is 77.3 Å². The second-order valence-electron chi connectivity index (χ2n) is 6.81. The molecule has 0 spiro atoms. The maximum absolute atomic E-state index is 3.81. The van der Waals surface area contributed by atoms with Crippen LogP contribution in [0.5, 0.6) is 0 Å². The molecule has 2 fully saturated rings. The van der Waals surface area contributed by atoms with Gasteiger partial charge in [0, 0.05) is 12.1 Å². The van der Waals surface area contributed by atoms with E-state index < -0.39 is 0 Å². The maximum Gasteiger partial charge on any atom is 0.0327 e. The SMILES string of the molecule is CN(C)C1(CNCC2CCCCC2)CCCCC1. The van der Waals surface area contributed by atoms with Crippen LogP contribution in [0, 0.1) is 5.92 Å². The van der Waals surface area contributed by atoms with Gasteiger partial charge in [-0.2, -0.15) is 0 Å². The number of nitrogens with one attached hydrogen (secondary N) is 1. The number of rotatable bonds is 5. The van der Waals surface area contributed by atoms with Gasteiger partial charge in [0.05, 0.1) is 0 Å². The summed E-state index contributed by atoms with van der Waals surface area (Å²) in [5, 5.41) is 3.81. The quantitative estimate of drug-likeness (QED) is 0.806. The summed E-state index contributed by atoms with van der Waals surface area (Å²) in [6, 6.07) is 0. The predicted molar refractivity (Wildman–Crippen MR) is 78.9 cm³/mol. The van der Waals surface area contributed by atoms with Crippen LogP contribution in [-0.2, 0) is 0 Å². The van der Waals surface area contributed by atoms with E-state index in [9.17, 15) is 0 Å². The smallest absolute Gasteiger partial charge is 0.0327 e. The molecule has 2 nitrogen and oxygen atoms in total. The molecule has 0 aliphatic heterocycles. The lowest BCUT2D eigenvalue weighted by Crippen LogP contribution is -2.53. The Morgan fingerprint density at radius 2 is 1.56 bits per heavy atom. The fourth-order valence-corrected chi connectivity index (χ4v) is 3.89. The van der Waals surface area contributed by atoms with Gasteiger partial charge in [-0.15, -0.1) is 0 Å². The highest BCUT2D eigenvalue weighted by Crippen LogP contribution is 2.31. The van der Waals surface area contributed by atoms with Crippen molar-refractivity contribution in [3.8, 4) is 0 Å². The molecule has 1 N–H and O–H groups in total. The molecule has 2 saturated carbocycles. The Kier molecular flexibility index (Phi) is 5.50. The van der Waals surface area contributed by atoms with Gasteiger partial charge in [0.15, 0.2) is 0 Å².